The Morgan fingerprint density at radius 2 is 1.80 bits per heavy atom. The molecule has 1 atom stereocenters. The van der Waals surface area contributed by atoms with Gasteiger partial charge in [0.1, 0.15) is 17.5 Å². The molecule has 30 heavy (non-hydrogen) atoms. The third-order valence-electron chi connectivity index (χ3n) is 4.80. The highest BCUT2D eigenvalue weighted by Crippen LogP contribution is 2.17. The molecule has 0 aliphatic carbocycles. The van der Waals surface area contributed by atoms with Crippen molar-refractivity contribution in [3.8, 4) is 11.5 Å². The van der Waals surface area contributed by atoms with Crippen molar-refractivity contribution in [1.82, 2.24) is 10.2 Å². The maximum absolute atomic E-state index is 13.1. The van der Waals surface area contributed by atoms with Crippen molar-refractivity contribution in [1.29, 1.82) is 0 Å². The lowest BCUT2D eigenvalue weighted by Crippen LogP contribution is -2.50. The number of carbonyl (C=O) groups is 2. The molecular weight excluding hydrogens is 380 g/mol. The van der Waals surface area contributed by atoms with Crippen molar-refractivity contribution >= 4 is 11.8 Å². The maximum Gasteiger partial charge on any atom is 0.261 e. The number of carbonyl (C=O) groups excluding carboxylic acids is 2. The first-order valence-corrected chi connectivity index (χ1v) is 10.4. The second kappa shape index (κ2) is 11.9. The van der Waals surface area contributed by atoms with Gasteiger partial charge >= 0.3 is 0 Å². The second-order valence-corrected chi connectivity index (χ2v) is 7.19. The molecule has 0 heterocycles. The van der Waals surface area contributed by atoms with Crippen LogP contribution in [0.2, 0.25) is 0 Å². The molecule has 6 nitrogen and oxygen atoms in total. The van der Waals surface area contributed by atoms with Crippen LogP contribution in [0, 0.1) is 6.92 Å². The lowest BCUT2D eigenvalue weighted by Gasteiger charge is -2.30. The summed E-state index contributed by atoms with van der Waals surface area (Å²) < 4.78 is 10.9. The van der Waals surface area contributed by atoms with Crippen molar-refractivity contribution in [3.05, 3.63) is 59.7 Å². The molecule has 1 unspecified atom stereocenters. The molecule has 0 fully saturated rings. The molecule has 162 valence electrons. The van der Waals surface area contributed by atoms with Gasteiger partial charge in [0.05, 0.1) is 7.11 Å². The molecule has 0 saturated carbocycles. The highest BCUT2D eigenvalue weighted by Gasteiger charge is 2.28. The van der Waals surface area contributed by atoms with Crippen molar-refractivity contribution in [2.24, 2.45) is 0 Å². The monoisotopic (exact) mass is 412 g/mol. The summed E-state index contributed by atoms with van der Waals surface area (Å²) in [5.41, 5.74) is 1.97. The van der Waals surface area contributed by atoms with Gasteiger partial charge in [0.25, 0.3) is 5.91 Å². The van der Waals surface area contributed by atoms with Crippen molar-refractivity contribution in [3.63, 3.8) is 0 Å². The lowest BCUT2D eigenvalue weighted by molar-refractivity contribution is -0.143. The van der Waals surface area contributed by atoms with E-state index in [9.17, 15) is 9.59 Å². The molecule has 2 aromatic carbocycles. The Balaban J connectivity index is 2.18. The average molecular weight is 413 g/mol. The van der Waals surface area contributed by atoms with E-state index in [2.05, 4.69) is 5.32 Å². The number of nitrogens with zero attached hydrogens (tertiary/aromatic N) is 1. The summed E-state index contributed by atoms with van der Waals surface area (Å²) in [6, 6.07) is 14.5. The van der Waals surface area contributed by atoms with Gasteiger partial charge in [-0.05, 0) is 55.2 Å². The molecular formula is C24H32N2O4. The predicted molar refractivity (Wildman–Crippen MR) is 118 cm³/mol. The van der Waals surface area contributed by atoms with E-state index in [1.165, 1.54) is 0 Å². The first-order chi connectivity index (χ1) is 14.5. The zero-order chi connectivity index (χ0) is 21.9. The van der Waals surface area contributed by atoms with E-state index in [1.54, 1.807) is 12.0 Å². The zero-order valence-electron chi connectivity index (χ0n) is 18.3. The summed E-state index contributed by atoms with van der Waals surface area (Å²) in [4.78, 5) is 27.4. The Labute approximate surface area is 179 Å². The van der Waals surface area contributed by atoms with Gasteiger partial charge in [-0.1, -0.05) is 38.1 Å². The fraction of sp³-hybridized carbons (Fsp3) is 0.417. The van der Waals surface area contributed by atoms with Crippen LogP contribution in [-0.4, -0.2) is 43.0 Å². The number of nitrogens with one attached hydrogen (secondary N) is 1. The van der Waals surface area contributed by atoms with Crippen LogP contribution in [0.4, 0.5) is 0 Å². The van der Waals surface area contributed by atoms with Gasteiger partial charge in [0.15, 0.2) is 6.61 Å². The third-order valence-corrected chi connectivity index (χ3v) is 4.80. The zero-order valence-corrected chi connectivity index (χ0v) is 18.3. The third kappa shape index (κ3) is 6.79. The number of hydrogen-bond donors (Lipinski definition) is 1. The summed E-state index contributed by atoms with van der Waals surface area (Å²) in [6.07, 6.45) is 1.35. The Kier molecular flexibility index (Phi) is 9.19. The smallest absolute Gasteiger partial charge is 0.261 e. The molecule has 0 aromatic heterocycles. The van der Waals surface area contributed by atoms with Gasteiger partial charge in [0, 0.05) is 13.1 Å². The van der Waals surface area contributed by atoms with Crippen LogP contribution in [0.1, 0.15) is 37.8 Å². The van der Waals surface area contributed by atoms with Crippen LogP contribution in [0.3, 0.4) is 0 Å². The van der Waals surface area contributed by atoms with Gasteiger partial charge in [-0.2, -0.15) is 0 Å². The van der Waals surface area contributed by atoms with Crippen molar-refractivity contribution < 1.29 is 19.1 Å². The van der Waals surface area contributed by atoms with Gasteiger partial charge in [-0.15, -0.1) is 0 Å². The molecule has 2 amide bonds. The van der Waals surface area contributed by atoms with Crippen LogP contribution in [-0.2, 0) is 16.1 Å². The molecule has 0 radical (unpaired) electrons. The summed E-state index contributed by atoms with van der Waals surface area (Å²) >= 11 is 0. The Morgan fingerprint density at radius 3 is 2.40 bits per heavy atom. The molecule has 2 aromatic rings. The molecule has 1 N–H and O–H groups in total. The van der Waals surface area contributed by atoms with E-state index in [4.69, 9.17) is 9.47 Å². The standard InChI is InChI=1S/C24H32N2O4/c1-5-14-25-24(28)22(6-2)26(16-19-10-12-20(29-4)13-11-19)23(27)17-30-21-9-7-8-18(3)15-21/h7-13,15,22H,5-6,14,16-17H2,1-4H3,(H,25,28). The van der Waals surface area contributed by atoms with Gasteiger partial charge in [-0.25, -0.2) is 0 Å². The normalized spacial score (nSPS) is 11.5. The van der Waals surface area contributed by atoms with Crippen LogP contribution in [0.5, 0.6) is 11.5 Å². The van der Waals surface area contributed by atoms with Crippen LogP contribution >= 0.6 is 0 Å². The molecule has 0 aliphatic rings. The van der Waals surface area contributed by atoms with E-state index in [0.717, 1.165) is 23.3 Å². The molecule has 0 bridgehead atoms. The van der Waals surface area contributed by atoms with E-state index < -0.39 is 6.04 Å². The average Bonchev–Trinajstić information content (AvgIpc) is 2.76. The Bertz CT molecular complexity index is 820. The summed E-state index contributed by atoms with van der Waals surface area (Å²) in [7, 11) is 1.61. The van der Waals surface area contributed by atoms with E-state index in [0.29, 0.717) is 25.3 Å². The number of methoxy groups -OCH3 is 1. The van der Waals surface area contributed by atoms with Crippen LogP contribution in [0.15, 0.2) is 48.5 Å². The fourth-order valence-electron chi connectivity index (χ4n) is 3.15. The minimum Gasteiger partial charge on any atom is -0.497 e. The van der Waals surface area contributed by atoms with Gasteiger partial charge < -0.3 is 19.7 Å². The van der Waals surface area contributed by atoms with Gasteiger partial charge in [0.2, 0.25) is 5.91 Å². The number of benzene rings is 2. The highest BCUT2D eigenvalue weighted by atomic mass is 16.5. The molecule has 6 heteroatoms. The molecule has 2 rings (SSSR count). The number of hydrogen-bond acceptors (Lipinski definition) is 4. The first-order valence-electron chi connectivity index (χ1n) is 10.4. The largest absolute Gasteiger partial charge is 0.497 e. The summed E-state index contributed by atoms with van der Waals surface area (Å²) in [5, 5.41) is 2.91. The van der Waals surface area contributed by atoms with Crippen LogP contribution in [0.25, 0.3) is 0 Å². The van der Waals surface area contributed by atoms with E-state index in [1.807, 2.05) is 69.3 Å². The maximum atomic E-state index is 13.1. The minimum atomic E-state index is -0.563. The van der Waals surface area contributed by atoms with Gasteiger partial charge in [-0.3, -0.25) is 9.59 Å². The van der Waals surface area contributed by atoms with Crippen molar-refractivity contribution in [2.75, 3.05) is 20.3 Å². The quantitative estimate of drug-likeness (QED) is 0.611. The number of aryl methyl sites for hydroxylation is 1. The second-order valence-electron chi connectivity index (χ2n) is 7.19. The number of amides is 2. The Morgan fingerprint density at radius 1 is 1.07 bits per heavy atom. The highest BCUT2D eigenvalue weighted by molar-refractivity contribution is 5.88. The Hall–Kier alpha value is -3.02. The molecule has 0 aliphatic heterocycles. The van der Waals surface area contributed by atoms with E-state index >= 15 is 0 Å². The lowest BCUT2D eigenvalue weighted by atomic mass is 10.1. The van der Waals surface area contributed by atoms with Crippen molar-refractivity contribution in [2.45, 2.75) is 46.2 Å². The molecule has 0 saturated heterocycles. The summed E-state index contributed by atoms with van der Waals surface area (Å²) in [6.45, 7) is 6.65. The van der Waals surface area contributed by atoms with Crippen LogP contribution < -0.4 is 14.8 Å². The predicted octanol–water partition coefficient (Wildman–Crippen LogP) is 3.72. The van der Waals surface area contributed by atoms with E-state index in [-0.39, 0.29) is 18.4 Å². The number of ether oxygens (including phenoxy) is 2. The minimum absolute atomic E-state index is 0.128. The SMILES string of the molecule is CCCNC(=O)C(CC)N(Cc1ccc(OC)cc1)C(=O)COc1cccc(C)c1. The fourth-order valence-corrected chi connectivity index (χ4v) is 3.15. The first kappa shape index (κ1) is 23.3. The molecule has 0 spiro atoms. The summed E-state index contributed by atoms with van der Waals surface area (Å²) in [5.74, 6) is 1.01. The number of rotatable bonds is 11. The topological polar surface area (TPSA) is 67.9 Å².